The number of imidazole rings is 1. The van der Waals surface area contributed by atoms with E-state index >= 15 is 0 Å². The number of hydrogen-bond donors (Lipinski definition) is 1. The molecule has 0 bridgehead atoms. The Morgan fingerprint density at radius 3 is 2.76 bits per heavy atom. The molecule has 6 nitrogen and oxygen atoms in total. The van der Waals surface area contributed by atoms with Gasteiger partial charge in [0.1, 0.15) is 0 Å². The van der Waals surface area contributed by atoms with Crippen LogP contribution in [-0.4, -0.2) is 51.8 Å². The van der Waals surface area contributed by atoms with E-state index in [-0.39, 0.29) is 17.2 Å². The smallest absolute Gasteiger partial charge is 0.216 e. The number of sulfonamides is 1. The number of aliphatic hydroxyl groups is 1. The molecule has 25 heavy (non-hydrogen) atoms. The van der Waals surface area contributed by atoms with E-state index in [1.54, 1.807) is 10.6 Å². The van der Waals surface area contributed by atoms with Crippen LogP contribution in [-0.2, 0) is 10.0 Å². The molecule has 1 aromatic heterocycles. The Labute approximate surface area is 147 Å². The van der Waals surface area contributed by atoms with E-state index in [1.165, 1.54) is 0 Å². The lowest BCUT2D eigenvalue weighted by Crippen LogP contribution is -2.49. The standard InChI is InChI=1S/C18H21N3O3S/c22-17-7-8-20(25(23,24)12-5-6-12)10-15(17)18-14-4-2-1-3-13(14)16-9-19-11-21(16)18/h1-4,9,11-12,15,17-18,22H,5-8,10H2/t15-,17-,18-/m1/s1. The Hall–Kier alpha value is -1.70. The summed E-state index contributed by atoms with van der Waals surface area (Å²) in [7, 11) is -3.22. The van der Waals surface area contributed by atoms with E-state index in [0.29, 0.717) is 19.5 Å². The average Bonchev–Trinajstić information content (AvgIpc) is 3.29. The maximum atomic E-state index is 12.7. The van der Waals surface area contributed by atoms with Gasteiger partial charge < -0.3 is 9.67 Å². The summed E-state index contributed by atoms with van der Waals surface area (Å²) in [5.74, 6) is -0.168. The van der Waals surface area contributed by atoms with Crippen LogP contribution in [0.15, 0.2) is 36.8 Å². The lowest BCUT2D eigenvalue weighted by molar-refractivity contribution is 0.0356. The molecule has 1 aromatic carbocycles. The number of piperidine rings is 1. The molecule has 0 amide bonds. The fourth-order valence-electron chi connectivity index (χ4n) is 4.37. The molecule has 3 heterocycles. The Bertz CT molecular complexity index is 919. The van der Waals surface area contributed by atoms with Crippen molar-refractivity contribution in [2.75, 3.05) is 13.1 Å². The first-order valence-electron chi connectivity index (χ1n) is 8.85. The van der Waals surface area contributed by atoms with E-state index in [4.69, 9.17) is 0 Å². The minimum absolute atomic E-state index is 0.0686. The first kappa shape index (κ1) is 15.5. The molecule has 1 aliphatic carbocycles. The summed E-state index contributed by atoms with van der Waals surface area (Å²) >= 11 is 0. The molecule has 3 aliphatic rings. The average molecular weight is 359 g/mol. The molecule has 0 unspecified atom stereocenters. The normalized spacial score (nSPS) is 29.4. The van der Waals surface area contributed by atoms with Crippen molar-refractivity contribution in [2.45, 2.75) is 36.7 Å². The fourth-order valence-corrected chi connectivity index (χ4v) is 6.26. The molecule has 2 fully saturated rings. The number of benzene rings is 1. The van der Waals surface area contributed by atoms with E-state index in [2.05, 4.69) is 21.7 Å². The van der Waals surface area contributed by atoms with Crippen molar-refractivity contribution in [3.63, 3.8) is 0 Å². The molecule has 7 heteroatoms. The van der Waals surface area contributed by atoms with Crippen molar-refractivity contribution in [1.82, 2.24) is 13.9 Å². The fraction of sp³-hybridized carbons (Fsp3) is 0.500. The third-order valence-electron chi connectivity index (χ3n) is 5.82. The molecular formula is C18H21N3O3S. The van der Waals surface area contributed by atoms with Crippen molar-refractivity contribution >= 4 is 10.0 Å². The van der Waals surface area contributed by atoms with Crippen LogP contribution in [0.4, 0.5) is 0 Å². The van der Waals surface area contributed by atoms with Crippen LogP contribution < -0.4 is 0 Å². The van der Waals surface area contributed by atoms with Gasteiger partial charge in [0.25, 0.3) is 0 Å². The van der Waals surface area contributed by atoms with Gasteiger partial charge in [-0.3, -0.25) is 0 Å². The van der Waals surface area contributed by atoms with Gasteiger partial charge in [-0.15, -0.1) is 0 Å². The van der Waals surface area contributed by atoms with Crippen molar-refractivity contribution in [3.05, 3.63) is 42.4 Å². The Kier molecular flexibility index (Phi) is 3.36. The first-order valence-corrected chi connectivity index (χ1v) is 10.4. The number of aromatic nitrogens is 2. The van der Waals surface area contributed by atoms with Gasteiger partial charge in [-0.05, 0) is 24.8 Å². The van der Waals surface area contributed by atoms with E-state index in [0.717, 1.165) is 29.7 Å². The number of aliphatic hydroxyl groups excluding tert-OH is 1. The second kappa shape index (κ2) is 5.40. The summed E-state index contributed by atoms with van der Waals surface area (Å²) in [6.45, 7) is 0.790. The highest BCUT2D eigenvalue weighted by Gasteiger charge is 2.46. The maximum absolute atomic E-state index is 12.7. The summed E-state index contributed by atoms with van der Waals surface area (Å²) in [6.07, 6.45) is 5.14. The van der Waals surface area contributed by atoms with Gasteiger partial charge in [-0.25, -0.2) is 17.7 Å². The third kappa shape index (κ3) is 2.29. The van der Waals surface area contributed by atoms with Crippen LogP contribution in [0.1, 0.15) is 30.9 Å². The van der Waals surface area contributed by atoms with Crippen LogP contribution in [0.3, 0.4) is 0 Å². The largest absolute Gasteiger partial charge is 0.393 e. The molecule has 1 saturated carbocycles. The molecule has 2 aliphatic heterocycles. The number of rotatable bonds is 3. The highest BCUT2D eigenvalue weighted by molar-refractivity contribution is 7.90. The molecule has 0 spiro atoms. The third-order valence-corrected chi connectivity index (χ3v) is 8.18. The topological polar surface area (TPSA) is 75.4 Å². The Morgan fingerprint density at radius 1 is 1.16 bits per heavy atom. The van der Waals surface area contributed by atoms with Gasteiger partial charge in [0, 0.05) is 24.6 Å². The van der Waals surface area contributed by atoms with Gasteiger partial charge in [0.2, 0.25) is 10.0 Å². The second-order valence-electron chi connectivity index (χ2n) is 7.34. The van der Waals surface area contributed by atoms with E-state index in [1.807, 2.05) is 18.3 Å². The van der Waals surface area contributed by atoms with Crippen molar-refractivity contribution in [3.8, 4) is 11.3 Å². The van der Waals surface area contributed by atoms with Crippen molar-refractivity contribution in [2.24, 2.45) is 5.92 Å². The molecule has 132 valence electrons. The quantitative estimate of drug-likeness (QED) is 0.904. The monoisotopic (exact) mass is 359 g/mol. The van der Waals surface area contributed by atoms with Crippen LogP contribution in [0.2, 0.25) is 0 Å². The summed E-state index contributed by atoms with van der Waals surface area (Å²) in [6, 6.07) is 8.07. The van der Waals surface area contributed by atoms with Gasteiger partial charge in [0.05, 0.1) is 35.6 Å². The van der Waals surface area contributed by atoms with Crippen LogP contribution in [0, 0.1) is 5.92 Å². The Morgan fingerprint density at radius 2 is 1.96 bits per heavy atom. The maximum Gasteiger partial charge on any atom is 0.216 e. The summed E-state index contributed by atoms with van der Waals surface area (Å²) in [4.78, 5) is 4.27. The lowest BCUT2D eigenvalue weighted by atomic mass is 9.85. The van der Waals surface area contributed by atoms with E-state index < -0.39 is 16.1 Å². The zero-order chi connectivity index (χ0) is 17.2. The number of hydrogen-bond acceptors (Lipinski definition) is 4. The number of fused-ring (bicyclic) bond motifs is 3. The molecule has 0 radical (unpaired) electrons. The van der Waals surface area contributed by atoms with Gasteiger partial charge in [-0.2, -0.15) is 0 Å². The first-order chi connectivity index (χ1) is 12.1. The number of nitrogens with zero attached hydrogens (tertiary/aromatic N) is 3. The van der Waals surface area contributed by atoms with Crippen LogP contribution >= 0.6 is 0 Å². The molecule has 2 aromatic rings. The van der Waals surface area contributed by atoms with Gasteiger partial charge in [0.15, 0.2) is 0 Å². The van der Waals surface area contributed by atoms with Gasteiger partial charge >= 0.3 is 0 Å². The molecular weight excluding hydrogens is 338 g/mol. The molecule has 1 N–H and O–H groups in total. The predicted molar refractivity (Wildman–Crippen MR) is 93.4 cm³/mol. The van der Waals surface area contributed by atoms with E-state index in [9.17, 15) is 13.5 Å². The minimum Gasteiger partial charge on any atom is -0.393 e. The second-order valence-corrected chi connectivity index (χ2v) is 9.55. The van der Waals surface area contributed by atoms with Crippen LogP contribution in [0.25, 0.3) is 11.3 Å². The highest BCUT2D eigenvalue weighted by atomic mass is 32.2. The molecule has 5 rings (SSSR count). The van der Waals surface area contributed by atoms with Crippen molar-refractivity contribution < 1.29 is 13.5 Å². The molecule has 1 saturated heterocycles. The predicted octanol–water partition coefficient (Wildman–Crippen LogP) is 1.63. The summed E-state index contributed by atoms with van der Waals surface area (Å²) in [5, 5.41) is 10.5. The zero-order valence-corrected chi connectivity index (χ0v) is 14.6. The lowest BCUT2D eigenvalue weighted by Gasteiger charge is -2.39. The Balaban J connectivity index is 1.54. The minimum atomic E-state index is -3.22. The summed E-state index contributed by atoms with van der Waals surface area (Å²) in [5.41, 5.74) is 3.31. The highest BCUT2D eigenvalue weighted by Crippen LogP contribution is 2.45. The zero-order valence-electron chi connectivity index (χ0n) is 13.8. The van der Waals surface area contributed by atoms with Crippen molar-refractivity contribution in [1.29, 1.82) is 0 Å². The molecule has 3 atom stereocenters. The summed E-state index contributed by atoms with van der Waals surface area (Å²) < 4.78 is 29.1. The SMILES string of the molecule is O=S(=O)(C1CC1)N1CC[C@@H](O)[C@H]([C@H]2c3ccccc3-c3cncn32)C1. The van der Waals surface area contributed by atoms with Crippen LogP contribution in [0.5, 0.6) is 0 Å². The van der Waals surface area contributed by atoms with Gasteiger partial charge in [-0.1, -0.05) is 24.3 Å².